The number of aromatic nitrogens is 1. The van der Waals surface area contributed by atoms with Gasteiger partial charge in [0.1, 0.15) is 5.75 Å². The Balaban J connectivity index is 0.00000128. The first-order valence-corrected chi connectivity index (χ1v) is 5.25. The molecule has 1 aromatic rings. The van der Waals surface area contributed by atoms with Gasteiger partial charge in [0.15, 0.2) is 0 Å². The fourth-order valence-corrected chi connectivity index (χ4v) is 2.10. The number of nitrogens with one attached hydrogen (secondary N) is 1. The highest BCUT2D eigenvalue weighted by Crippen LogP contribution is 2.34. The van der Waals surface area contributed by atoms with Crippen molar-refractivity contribution in [1.29, 1.82) is 0 Å². The molecular formula is C11H17ClN2O2. The molecule has 2 heterocycles. The van der Waals surface area contributed by atoms with Gasteiger partial charge in [-0.1, -0.05) is 0 Å². The normalized spacial score (nSPS) is 19.5. The molecule has 1 saturated heterocycles. The first-order valence-electron chi connectivity index (χ1n) is 5.25. The Bertz CT molecular complexity index is 365. The maximum atomic E-state index is 9.96. The zero-order chi connectivity index (χ0) is 10.8. The second kappa shape index (κ2) is 5.48. The van der Waals surface area contributed by atoms with Crippen molar-refractivity contribution in [3.63, 3.8) is 0 Å². The van der Waals surface area contributed by atoms with Crippen molar-refractivity contribution in [3.05, 3.63) is 23.0 Å². The summed E-state index contributed by atoms with van der Waals surface area (Å²) < 4.78 is 0. The van der Waals surface area contributed by atoms with Crippen LogP contribution in [0.1, 0.15) is 35.7 Å². The molecule has 2 rings (SSSR count). The third-order valence-electron chi connectivity index (χ3n) is 2.94. The summed E-state index contributed by atoms with van der Waals surface area (Å²) in [5.74, 6) is 0.223. The third kappa shape index (κ3) is 2.29. The van der Waals surface area contributed by atoms with Crippen LogP contribution in [0.15, 0.2) is 6.20 Å². The highest BCUT2D eigenvalue weighted by molar-refractivity contribution is 5.85. The number of nitrogens with zero attached hydrogens (tertiary/aromatic N) is 1. The lowest BCUT2D eigenvalue weighted by atomic mass is 9.99. The van der Waals surface area contributed by atoms with Gasteiger partial charge in [-0.25, -0.2) is 0 Å². The van der Waals surface area contributed by atoms with E-state index in [4.69, 9.17) is 0 Å². The molecule has 4 nitrogen and oxygen atoms in total. The first kappa shape index (κ1) is 13.2. The van der Waals surface area contributed by atoms with Crippen LogP contribution in [0.2, 0.25) is 0 Å². The quantitative estimate of drug-likeness (QED) is 0.737. The zero-order valence-corrected chi connectivity index (χ0v) is 10.0. The monoisotopic (exact) mass is 244 g/mol. The Kier molecular flexibility index (Phi) is 4.53. The predicted octanol–water partition coefficient (Wildman–Crippen LogP) is 1.43. The van der Waals surface area contributed by atoms with Crippen LogP contribution < -0.4 is 5.32 Å². The Morgan fingerprint density at radius 2 is 2.31 bits per heavy atom. The summed E-state index contributed by atoms with van der Waals surface area (Å²) in [7, 11) is 0. The van der Waals surface area contributed by atoms with E-state index in [0.29, 0.717) is 5.69 Å². The van der Waals surface area contributed by atoms with Crippen LogP contribution in [-0.4, -0.2) is 21.7 Å². The summed E-state index contributed by atoms with van der Waals surface area (Å²) in [5.41, 5.74) is 2.16. The Labute approximate surface area is 101 Å². The summed E-state index contributed by atoms with van der Waals surface area (Å²) in [6.07, 6.45) is 3.75. The van der Waals surface area contributed by atoms with E-state index in [-0.39, 0.29) is 30.8 Å². The van der Waals surface area contributed by atoms with Crippen molar-refractivity contribution in [1.82, 2.24) is 10.3 Å². The van der Waals surface area contributed by atoms with Crippen molar-refractivity contribution in [2.24, 2.45) is 0 Å². The number of hydrogen-bond donors (Lipinski definition) is 3. The molecule has 5 heteroatoms. The molecule has 1 fully saturated rings. The highest BCUT2D eigenvalue weighted by Gasteiger charge is 2.23. The number of rotatable bonds is 2. The molecule has 1 atom stereocenters. The average Bonchev–Trinajstić information content (AvgIpc) is 2.75. The van der Waals surface area contributed by atoms with E-state index in [0.717, 1.165) is 30.5 Å². The van der Waals surface area contributed by atoms with E-state index in [1.165, 1.54) is 0 Å². The molecule has 0 aromatic carbocycles. The smallest absolute Gasteiger partial charge is 0.141 e. The predicted molar refractivity (Wildman–Crippen MR) is 63.8 cm³/mol. The van der Waals surface area contributed by atoms with Gasteiger partial charge in [0, 0.05) is 23.4 Å². The molecule has 0 amide bonds. The molecular weight excluding hydrogens is 228 g/mol. The lowest BCUT2D eigenvalue weighted by Crippen LogP contribution is -2.15. The SMILES string of the molecule is Cc1ncc(CO)c([C@H]2CCCN2)c1O.Cl. The van der Waals surface area contributed by atoms with Gasteiger partial charge in [0.25, 0.3) is 0 Å². The average molecular weight is 245 g/mol. The summed E-state index contributed by atoms with van der Waals surface area (Å²) in [6, 6.07) is 0.161. The van der Waals surface area contributed by atoms with Crippen LogP contribution in [-0.2, 0) is 6.61 Å². The van der Waals surface area contributed by atoms with Crippen molar-refractivity contribution >= 4 is 12.4 Å². The van der Waals surface area contributed by atoms with Crippen LogP contribution >= 0.6 is 12.4 Å². The van der Waals surface area contributed by atoms with E-state index in [9.17, 15) is 10.2 Å². The van der Waals surface area contributed by atoms with Gasteiger partial charge < -0.3 is 15.5 Å². The first-order chi connectivity index (χ1) is 7.24. The fourth-order valence-electron chi connectivity index (χ4n) is 2.10. The topological polar surface area (TPSA) is 65.4 Å². The molecule has 1 aliphatic heterocycles. The molecule has 0 unspecified atom stereocenters. The van der Waals surface area contributed by atoms with Gasteiger partial charge in [-0.15, -0.1) is 12.4 Å². The Hall–Kier alpha value is -0.840. The van der Waals surface area contributed by atoms with E-state index < -0.39 is 0 Å². The summed E-state index contributed by atoms with van der Waals surface area (Å²) >= 11 is 0. The molecule has 90 valence electrons. The second-order valence-electron chi connectivity index (χ2n) is 3.94. The number of pyridine rings is 1. The van der Waals surface area contributed by atoms with E-state index in [1.54, 1.807) is 13.1 Å². The minimum atomic E-state index is -0.0750. The van der Waals surface area contributed by atoms with Crippen molar-refractivity contribution in [2.45, 2.75) is 32.4 Å². The van der Waals surface area contributed by atoms with Crippen LogP contribution in [0, 0.1) is 6.92 Å². The lowest BCUT2D eigenvalue weighted by Gasteiger charge is -2.17. The summed E-state index contributed by atoms with van der Waals surface area (Å²) in [6.45, 7) is 2.67. The number of hydrogen-bond acceptors (Lipinski definition) is 4. The van der Waals surface area contributed by atoms with Gasteiger partial charge in [0.2, 0.25) is 0 Å². The van der Waals surface area contributed by atoms with Gasteiger partial charge in [-0.3, -0.25) is 4.98 Å². The molecule has 0 bridgehead atoms. The number of aliphatic hydroxyl groups is 1. The van der Waals surface area contributed by atoms with Crippen LogP contribution in [0.25, 0.3) is 0 Å². The summed E-state index contributed by atoms with van der Waals surface area (Å²) in [4.78, 5) is 4.04. The van der Waals surface area contributed by atoms with Crippen LogP contribution in [0.4, 0.5) is 0 Å². The van der Waals surface area contributed by atoms with Crippen molar-refractivity contribution in [3.8, 4) is 5.75 Å². The second-order valence-corrected chi connectivity index (χ2v) is 3.94. The third-order valence-corrected chi connectivity index (χ3v) is 2.94. The van der Waals surface area contributed by atoms with Gasteiger partial charge in [-0.2, -0.15) is 0 Å². The van der Waals surface area contributed by atoms with Crippen molar-refractivity contribution in [2.75, 3.05) is 6.54 Å². The van der Waals surface area contributed by atoms with E-state index in [1.807, 2.05) is 0 Å². The molecule has 16 heavy (non-hydrogen) atoms. The number of aryl methyl sites for hydroxylation is 1. The molecule has 1 aliphatic rings. The molecule has 0 spiro atoms. The number of aliphatic hydroxyl groups excluding tert-OH is 1. The minimum Gasteiger partial charge on any atom is -0.506 e. The van der Waals surface area contributed by atoms with Crippen LogP contribution in [0.3, 0.4) is 0 Å². The van der Waals surface area contributed by atoms with Gasteiger partial charge in [-0.05, 0) is 26.3 Å². The molecule has 0 radical (unpaired) electrons. The minimum absolute atomic E-state index is 0. The highest BCUT2D eigenvalue weighted by atomic mass is 35.5. The van der Waals surface area contributed by atoms with Crippen LogP contribution in [0.5, 0.6) is 5.75 Å². The largest absolute Gasteiger partial charge is 0.506 e. The van der Waals surface area contributed by atoms with Gasteiger partial charge >= 0.3 is 0 Å². The van der Waals surface area contributed by atoms with Gasteiger partial charge in [0.05, 0.1) is 12.3 Å². The molecule has 0 aliphatic carbocycles. The maximum Gasteiger partial charge on any atom is 0.141 e. The molecule has 3 N–H and O–H groups in total. The van der Waals surface area contributed by atoms with E-state index >= 15 is 0 Å². The Morgan fingerprint density at radius 1 is 1.56 bits per heavy atom. The fraction of sp³-hybridized carbons (Fsp3) is 0.545. The van der Waals surface area contributed by atoms with Crippen molar-refractivity contribution < 1.29 is 10.2 Å². The lowest BCUT2D eigenvalue weighted by molar-refractivity contribution is 0.277. The molecule has 1 aromatic heterocycles. The standard InChI is InChI=1S/C11H16N2O2.ClH/c1-7-11(15)10(8(6-14)5-13-7)9-3-2-4-12-9;/h5,9,12,14-15H,2-4,6H2,1H3;1H/t9-;/m1./s1. The number of halogens is 1. The number of aromatic hydroxyl groups is 1. The maximum absolute atomic E-state index is 9.96. The Morgan fingerprint density at radius 3 is 2.88 bits per heavy atom. The van der Waals surface area contributed by atoms with E-state index in [2.05, 4.69) is 10.3 Å². The molecule has 0 saturated carbocycles. The summed E-state index contributed by atoms with van der Waals surface area (Å²) in [5, 5.41) is 22.5. The zero-order valence-electron chi connectivity index (χ0n) is 9.23.